The van der Waals surface area contributed by atoms with E-state index in [9.17, 15) is 33.6 Å². The van der Waals surface area contributed by atoms with E-state index in [-0.39, 0.29) is 25.0 Å². The Labute approximate surface area is 203 Å². The molecule has 13 heteroatoms. The highest BCUT2D eigenvalue weighted by molar-refractivity contribution is 5.95. The van der Waals surface area contributed by atoms with Crippen LogP contribution < -0.4 is 21.3 Å². The monoisotopic (exact) mass is 500 g/mol. The van der Waals surface area contributed by atoms with Gasteiger partial charge in [0.05, 0.1) is 12.5 Å². The first-order valence-corrected chi connectivity index (χ1v) is 11.2. The Balaban J connectivity index is 5.64. The van der Waals surface area contributed by atoms with Crippen molar-refractivity contribution in [2.45, 2.75) is 84.5 Å². The molecule has 0 aromatic carbocycles. The summed E-state index contributed by atoms with van der Waals surface area (Å²) in [5, 5.41) is 27.5. The molecule has 13 nitrogen and oxygen atoms in total. The molecular formula is C22H36N4O9. The zero-order valence-electron chi connectivity index (χ0n) is 20.6. The second-order valence-corrected chi connectivity index (χ2v) is 8.96. The van der Waals surface area contributed by atoms with Crippen LogP contribution in [-0.4, -0.2) is 76.2 Å². The molecule has 0 aliphatic rings. The lowest BCUT2D eigenvalue weighted by Gasteiger charge is -2.27. The quantitative estimate of drug-likeness (QED) is 0.146. The third-order valence-corrected chi connectivity index (χ3v) is 4.81. The fourth-order valence-corrected chi connectivity index (χ4v) is 3.14. The van der Waals surface area contributed by atoms with Crippen LogP contribution in [0.2, 0.25) is 0 Å². The number of carbonyl (C=O) groups excluding carboxylic acids is 5. The second kappa shape index (κ2) is 15.4. The molecule has 0 aromatic heterocycles. The maximum absolute atomic E-state index is 13.0. The molecule has 0 bridgehead atoms. The van der Waals surface area contributed by atoms with Crippen molar-refractivity contribution in [2.75, 3.05) is 0 Å². The van der Waals surface area contributed by atoms with E-state index in [1.165, 1.54) is 6.92 Å². The van der Waals surface area contributed by atoms with E-state index in [0.29, 0.717) is 0 Å². The molecule has 0 aliphatic heterocycles. The van der Waals surface area contributed by atoms with E-state index in [4.69, 9.17) is 10.2 Å². The number of amides is 4. The highest BCUT2D eigenvalue weighted by Crippen LogP contribution is 2.09. The molecule has 0 rings (SSSR count). The lowest BCUT2D eigenvalue weighted by atomic mass is 10.0. The van der Waals surface area contributed by atoms with Crippen LogP contribution in [-0.2, 0) is 33.6 Å². The van der Waals surface area contributed by atoms with Crippen LogP contribution in [0.25, 0.3) is 0 Å². The van der Waals surface area contributed by atoms with E-state index < -0.39 is 78.5 Å². The van der Waals surface area contributed by atoms with Crippen LogP contribution in [0, 0.1) is 11.8 Å². The molecular weight excluding hydrogens is 464 g/mol. The Kier molecular flexibility index (Phi) is 13.9. The molecule has 0 fully saturated rings. The summed E-state index contributed by atoms with van der Waals surface area (Å²) in [5.41, 5.74) is 0. The third kappa shape index (κ3) is 13.1. The van der Waals surface area contributed by atoms with Crippen molar-refractivity contribution in [1.82, 2.24) is 21.3 Å². The van der Waals surface area contributed by atoms with Crippen molar-refractivity contribution in [3.63, 3.8) is 0 Å². The number of nitrogens with one attached hydrogen (secondary N) is 4. The molecule has 6 N–H and O–H groups in total. The summed E-state index contributed by atoms with van der Waals surface area (Å²) in [6.07, 6.45) is -0.864. The van der Waals surface area contributed by atoms with Crippen molar-refractivity contribution in [1.29, 1.82) is 0 Å². The number of carboxylic acid groups (broad SMARTS) is 2. The van der Waals surface area contributed by atoms with E-state index in [1.54, 1.807) is 13.8 Å². The van der Waals surface area contributed by atoms with Gasteiger partial charge in [0, 0.05) is 13.3 Å². The normalized spacial score (nSPS) is 14.3. The standard InChI is InChI=1S/C22H36N4O9/c1-11(2)8-16(23-13(5)28)21(34)25-15(6-7-17(29)30)20(33)26-19(12(3)4)22(35)24-14(10-27)9-18(31)32/h10-12,14-16,19H,6-9H2,1-5H3,(H,23,28)(H,24,35)(H,25,34)(H,26,33)(H,29,30)(H,31,32). The van der Waals surface area contributed by atoms with Crippen LogP contribution in [0.3, 0.4) is 0 Å². The van der Waals surface area contributed by atoms with E-state index >= 15 is 0 Å². The van der Waals surface area contributed by atoms with Crippen LogP contribution in [0.15, 0.2) is 0 Å². The largest absolute Gasteiger partial charge is 0.481 e. The van der Waals surface area contributed by atoms with Crippen LogP contribution in [0.5, 0.6) is 0 Å². The maximum atomic E-state index is 13.0. The number of hydrogen-bond acceptors (Lipinski definition) is 7. The Bertz CT molecular complexity index is 798. The van der Waals surface area contributed by atoms with Gasteiger partial charge in [0.2, 0.25) is 23.6 Å². The Morgan fingerprint density at radius 3 is 1.77 bits per heavy atom. The zero-order valence-corrected chi connectivity index (χ0v) is 20.6. The topological polar surface area (TPSA) is 208 Å². The van der Waals surface area contributed by atoms with Gasteiger partial charge in [-0.05, 0) is 24.7 Å². The van der Waals surface area contributed by atoms with Gasteiger partial charge in [0.1, 0.15) is 24.4 Å². The van der Waals surface area contributed by atoms with E-state index in [0.717, 1.165) is 0 Å². The summed E-state index contributed by atoms with van der Waals surface area (Å²) in [5.74, 6) is -5.80. The minimum Gasteiger partial charge on any atom is -0.481 e. The van der Waals surface area contributed by atoms with Crippen LogP contribution >= 0.6 is 0 Å². The summed E-state index contributed by atoms with van der Waals surface area (Å²) < 4.78 is 0. The van der Waals surface area contributed by atoms with E-state index in [2.05, 4.69) is 21.3 Å². The Morgan fingerprint density at radius 2 is 1.34 bits per heavy atom. The molecule has 0 saturated carbocycles. The number of rotatable bonds is 16. The smallest absolute Gasteiger partial charge is 0.305 e. The van der Waals surface area contributed by atoms with Gasteiger partial charge in [-0.2, -0.15) is 0 Å². The molecule has 0 aliphatic carbocycles. The minimum atomic E-state index is -1.34. The number of carboxylic acids is 2. The number of carbonyl (C=O) groups is 7. The van der Waals surface area contributed by atoms with Gasteiger partial charge in [-0.3, -0.25) is 28.8 Å². The van der Waals surface area contributed by atoms with Crippen molar-refractivity contribution >= 4 is 41.9 Å². The van der Waals surface area contributed by atoms with E-state index in [1.807, 2.05) is 13.8 Å². The van der Waals surface area contributed by atoms with Gasteiger partial charge in [-0.1, -0.05) is 27.7 Å². The lowest BCUT2D eigenvalue weighted by Crippen LogP contribution is -2.58. The third-order valence-electron chi connectivity index (χ3n) is 4.81. The Morgan fingerprint density at radius 1 is 0.771 bits per heavy atom. The van der Waals surface area contributed by atoms with Crippen molar-refractivity contribution in [3.8, 4) is 0 Å². The number of aldehydes is 1. The number of hydrogen-bond donors (Lipinski definition) is 6. The predicted octanol–water partition coefficient (Wildman–Crippen LogP) is -0.814. The van der Waals surface area contributed by atoms with Crippen LogP contribution in [0.4, 0.5) is 0 Å². The molecule has 198 valence electrons. The maximum Gasteiger partial charge on any atom is 0.305 e. The van der Waals surface area contributed by atoms with Gasteiger partial charge in [-0.25, -0.2) is 0 Å². The first kappa shape index (κ1) is 31.5. The molecule has 0 spiro atoms. The van der Waals surface area contributed by atoms with Gasteiger partial charge >= 0.3 is 11.9 Å². The van der Waals surface area contributed by atoms with Gasteiger partial charge < -0.3 is 36.3 Å². The SMILES string of the molecule is CC(=O)NC(CC(C)C)C(=O)NC(CCC(=O)O)C(=O)NC(C(=O)NC(C=O)CC(=O)O)C(C)C. The van der Waals surface area contributed by atoms with Crippen LogP contribution in [0.1, 0.15) is 60.3 Å². The summed E-state index contributed by atoms with van der Waals surface area (Å²) >= 11 is 0. The minimum absolute atomic E-state index is 0.0227. The summed E-state index contributed by atoms with van der Waals surface area (Å²) in [6, 6.07) is -4.81. The second-order valence-electron chi connectivity index (χ2n) is 8.96. The molecule has 4 atom stereocenters. The van der Waals surface area contributed by atoms with Crippen molar-refractivity contribution < 1.29 is 43.8 Å². The molecule has 0 aromatic rings. The lowest BCUT2D eigenvalue weighted by molar-refractivity contribution is -0.140. The van der Waals surface area contributed by atoms with Crippen molar-refractivity contribution in [2.24, 2.45) is 11.8 Å². The van der Waals surface area contributed by atoms with Crippen molar-refractivity contribution in [3.05, 3.63) is 0 Å². The van der Waals surface area contributed by atoms with Gasteiger partial charge in [0.15, 0.2) is 0 Å². The summed E-state index contributed by atoms with van der Waals surface area (Å²) in [4.78, 5) is 82.9. The molecule has 0 heterocycles. The molecule has 4 unspecified atom stereocenters. The average Bonchev–Trinajstić information content (AvgIpc) is 2.71. The fraction of sp³-hybridized carbons (Fsp3) is 0.682. The molecule has 4 amide bonds. The number of aliphatic carboxylic acids is 2. The highest BCUT2D eigenvalue weighted by atomic mass is 16.4. The Hall–Kier alpha value is -3.51. The summed E-state index contributed by atoms with van der Waals surface area (Å²) in [6.45, 7) is 8.09. The first-order valence-electron chi connectivity index (χ1n) is 11.2. The molecule has 35 heavy (non-hydrogen) atoms. The highest BCUT2D eigenvalue weighted by Gasteiger charge is 2.32. The fourth-order valence-electron chi connectivity index (χ4n) is 3.14. The van der Waals surface area contributed by atoms with Gasteiger partial charge in [-0.15, -0.1) is 0 Å². The first-order chi connectivity index (χ1) is 16.2. The zero-order chi connectivity index (χ0) is 27.3. The molecule has 0 radical (unpaired) electrons. The molecule has 0 saturated heterocycles. The predicted molar refractivity (Wildman–Crippen MR) is 123 cm³/mol. The van der Waals surface area contributed by atoms with Gasteiger partial charge in [0.25, 0.3) is 0 Å². The summed E-state index contributed by atoms with van der Waals surface area (Å²) in [7, 11) is 0. The average molecular weight is 501 g/mol.